The van der Waals surface area contributed by atoms with Crippen molar-refractivity contribution in [3.63, 3.8) is 0 Å². The lowest BCUT2D eigenvalue weighted by Crippen LogP contribution is -2.11. The zero-order chi connectivity index (χ0) is 14.7. The minimum atomic E-state index is 0.0328. The molecule has 1 heterocycles. The van der Waals surface area contributed by atoms with Gasteiger partial charge in [0.1, 0.15) is 18.2 Å². The Morgan fingerprint density at radius 1 is 1.50 bits per heavy atom. The largest absolute Gasteiger partial charge is 0.487 e. The van der Waals surface area contributed by atoms with Crippen LogP contribution in [0, 0.1) is 5.41 Å². The summed E-state index contributed by atoms with van der Waals surface area (Å²) < 4.78 is 8.57. The maximum absolute atomic E-state index is 7.43. The van der Waals surface area contributed by atoms with Crippen molar-refractivity contribution in [2.24, 2.45) is 12.8 Å². The number of hydrogen-bond acceptors (Lipinski definition) is 3. The summed E-state index contributed by atoms with van der Waals surface area (Å²) >= 11 is 3.56. The van der Waals surface area contributed by atoms with E-state index < -0.39 is 0 Å². The smallest absolute Gasteiger partial charge is 0.131 e. The second-order valence-electron chi connectivity index (χ2n) is 4.41. The van der Waals surface area contributed by atoms with Gasteiger partial charge in [0.25, 0.3) is 0 Å². The molecule has 106 valence electrons. The summed E-state index contributed by atoms with van der Waals surface area (Å²) in [5.41, 5.74) is 8.12. The predicted octanol–water partition coefficient (Wildman–Crippen LogP) is 2.61. The van der Waals surface area contributed by atoms with Gasteiger partial charge in [-0.25, -0.2) is 0 Å². The minimum Gasteiger partial charge on any atom is -0.487 e. The van der Waals surface area contributed by atoms with Crippen LogP contribution in [0.15, 0.2) is 28.7 Å². The summed E-state index contributed by atoms with van der Waals surface area (Å²) in [6, 6.07) is 7.21. The van der Waals surface area contributed by atoms with E-state index in [0.717, 1.165) is 22.3 Å². The van der Waals surface area contributed by atoms with Gasteiger partial charge in [-0.1, -0.05) is 19.1 Å². The molecular formula is C14H17BrN4O. The molecule has 0 aliphatic carbocycles. The summed E-state index contributed by atoms with van der Waals surface area (Å²) in [5, 5.41) is 11.8. The molecule has 0 spiro atoms. The molecule has 0 unspecified atom stereocenters. The molecule has 5 nitrogen and oxygen atoms in total. The highest BCUT2D eigenvalue weighted by atomic mass is 79.9. The fourth-order valence-electron chi connectivity index (χ4n) is 1.88. The third-order valence-electron chi connectivity index (χ3n) is 3.02. The number of rotatable bonds is 5. The van der Waals surface area contributed by atoms with Crippen LogP contribution in [0.4, 0.5) is 0 Å². The Morgan fingerprint density at radius 3 is 2.85 bits per heavy atom. The van der Waals surface area contributed by atoms with Crippen LogP contribution in [0.1, 0.15) is 23.9 Å². The van der Waals surface area contributed by atoms with Crippen molar-refractivity contribution in [1.29, 1.82) is 5.41 Å². The summed E-state index contributed by atoms with van der Waals surface area (Å²) in [6.45, 7) is 2.47. The second kappa shape index (κ2) is 6.09. The number of benzene rings is 1. The van der Waals surface area contributed by atoms with Gasteiger partial charge in [-0.2, -0.15) is 5.10 Å². The van der Waals surface area contributed by atoms with Crippen LogP contribution in [-0.2, 0) is 20.1 Å². The first-order chi connectivity index (χ1) is 9.52. The van der Waals surface area contributed by atoms with Gasteiger partial charge in [0, 0.05) is 12.6 Å². The average molecular weight is 337 g/mol. The maximum Gasteiger partial charge on any atom is 0.131 e. The molecule has 2 rings (SSSR count). The first kappa shape index (κ1) is 14.6. The molecule has 1 aromatic carbocycles. The molecule has 0 amide bonds. The zero-order valence-electron chi connectivity index (χ0n) is 11.5. The number of ether oxygens (including phenoxy) is 1. The molecule has 0 radical (unpaired) electrons. The number of amidine groups is 1. The molecule has 20 heavy (non-hydrogen) atoms. The Balaban J connectivity index is 2.15. The van der Waals surface area contributed by atoms with Gasteiger partial charge in [0.2, 0.25) is 0 Å². The quantitative estimate of drug-likeness (QED) is 0.650. The van der Waals surface area contributed by atoms with E-state index in [1.54, 1.807) is 12.1 Å². The van der Waals surface area contributed by atoms with Crippen molar-refractivity contribution in [3.05, 3.63) is 45.7 Å². The van der Waals surface area contributed by atoms with Crippen molar-refractivity contribution < 1.29 is 4.74 Å². The summed E-state index contributed by atoms with van der Waals surface area (Å²) in [6.07, 6.45) is 0.869. The zero-order valence-corrected chi connectivity index (χ0v) is 13.1. The normalized spacial score (nSPS) is 10.6. The number of nitrogens with zero attached hydrogens (tertiary/aromatic N) is 2. The van der Waals surface area contributed by atoms with E-state index in [-0.39, 0.29) is 5.84 Å². The predicted molar refractivity (Wildman–Crippen MR) is 82.1 cm³/mol. The van der Waals surface area contributed by atoms with Crippen LogP contribution >= 0.6 is 15.9 Å². The van der Waals surface area contributed by atoms with E-state index in [4.69, 9.17) is 15.9 Å². The van der Waals surface area contributed by atoms with Crippen molar-refractivity contribution in [2.45, 2.75) is 20.0 Å². The third-order valence-corrected chi connectivity index (χ3v) is 3.94. The SMILES string of the molecule is CCc1nn(C)c(COc2cccc(C(=N)N)c2)c1Br. The van der Waals surface area contributed by atoms with E-state index in [1.807, 2.05) is 23.9 Å². The van der Waals surface area contributed by atoms with E-state index in [9.17, 15) is 0 Å². The van der Waals surface area contributed by atoms with Gasteiger partial charge in [-0.3, -0.25) is 10.1 Å². The van der Waals surface area contributed by atoms with Crippen molar-refractivity contribution in [1.82, 2.24) is 9.78 Å². The fourth-order valence-corrected chi connectivity index (χ4v) is 2.61. The third kappa shape index (κ3) is 3.01. The van der Waals surface area contributed by atoms with Crippen molar-refractivity contribution in [2.75, 3.05) is 0 Å². The molecule has 2 aromatic rings. The topological polar surface area (TPSA) is 76.9 Å². The number of hydrogen-bond donors (Lipinski definition) is 2. The molecule has 0 saturated carbocycles. The lowest BCUT2D eigenvalue weighted by molar-refractivity contribution is 0.294. The number of halogens is 1. The Labute approximate surface area is 126 Å². The molecule has 0 fully saturated rings. The molecule has 0 atom stereocenters. The Morgan fingerprint density at radius 2 is 2.25 bits per heavy atom. The lowest BCUT2D eigenvalue weighted by atomic mass is 10.2. The number of nitrogens with one attached hydrogen (secondary N) is 1. The van der Waals surface area contributed by atoms with Gasteiger partial charge in [0.05, 0.1) is 15.9 Å². The molecule has 0 bridgehead atoms. The molecule has 1 aromatic heterocycles. The van der Waals surface area contributed by atoms with Gasteiger partial charge in [-0.15, -0.1) is 0 Å². The molecular weight excluding hydrogens is 320 g/mol. The maximum atomic E-state index is 7.43. The highest BCUT2D eigenvalue weighted by Crippen LogP contribution is 2.23. The van der Waals surface area contributed by atoms with Crippen molar-refractivity contribution in [3.8, 4) is 5.75 Å². The van der Waals surface area contributed by atoms with Gasteiger partial charge >= 0.3 is 0 Å². The summed E-state index contributed by atoms with van der Waals surface area (Å²) in [4.78, 5) is 0. The molecule has 0 saturated heterocycles. The summed E-state index contributed by atoms with van der Waals surface area (Å²) in [5.74, 6) is 0.717. The van der Waals surface area contributed by atoms with Gasteiger partial charge in [-0.05, 0) is 34.5 Å². The van der Waals surface area contributed by atoms with Crippen LogP contribution in [-0.4, -0.2) is 15.6 Å². The van der Waals surface area contributed by atoms with Crippen molar-refractivity contribution >= 4 is 21.8 Å². The number of nitrogens with two attached hydrogens (primary N) is 1. The fraction of sp³-hybridized carbons (Fsp3) is 0.286. The molecule has 0 aliphatic heterocycles. The Hall–Kier alpha value is -1.82. The minimum absolute atomic E-state index is 0.0328. The number of aromatic nitrogens is 2. The van der Waals surface area contributed by atoms with E-state index in [0.29, 0.717) is 17.9 Å². The average Bonchev–Trinajstić information content (AvgIpc) is 2.71. The first-order valence-corrected chi connectivity index (χ1v) is 7.09. The molecule has 6 heteroatoms. The van der Waals surface area contributed by atoms with Crippen LogP contribution in [0.5, 0.6) is 5.75 Å². The van der Waals surface area contributed by atoms with Gasteiger partial charge < -0.3 is 10.5 Å². The van der Waals surface area contributed by atoms with E-state index in [1.165, 1.54) is 0 Å². The molecule has 3 N–H and O–H groups in total. The van der Waals surface area contributed by atoms with Crippen LogP contribution < -0.4 is 10.5 Å². The van der Waals surface area contributed by atoms with Crippen LogP contribution in [0.2, 0.25) is 0 Å². The van der Waals surface area contributed by atoms with Crippen LogP contribution in [0.25, 0.3) is 0 Å². The number of nitrogen functional groups attached to an aromatic ring is 1. The lowest BCUT2D eigenvalue weighted by Gasteiger charge is -2.08. The Kier molecular flexibility index (Phi) is 4.44. The first-order valence-electron chi connectivity index (χ1n) is 6.30. The Bertz CT molecular complexity index is 636. The second-order valence-corrected chi connectivity index (χ2v) is 5.21. The highest BCUT2D eigenvalue weighted by molar-refractivity contribution is 9.10. The van der Waals surface area contributed by atoms with Gasteiger partial charge in [0.15, 0.2) is 0 Å². The van der Waals surface area contributed by atoms with E-state index in [2.05, 4.69) is 28.0 Å². The van der Waals surface area contributed by atoms with Crippen LogP contribution in [0.3, 0.4) is 0 Å². The highest BCUT2D eigenvalue weighted by Gasteiger charge is 2.13. The van der Waals surface area contributed by atoms with E-state index >= 15 is 0 Å². The summed E-state index contributed by atoms with van der Waals surface area (Å²) in [7, 11) is 1.90. The number of aryl methyl sites for hydroxylation is 2. The standard InChI is InChI=1S/C14H17BrN4O/c1-3-11-13(15)12(19(2)18-11)8-20-10-6-4-5-9(7-10)14(16)17/h4-7H,3,8H2,1-2H3,(H3,16,17). The monoisotopic (exact) mass is 336 g/mol. The molecule has 0 aliphatic rings.